The zero-order chi connectivity index (χ0) is 21.1. The third kappa shape index (κ3) is 2.74. The Morgan fingerprint density at radius 1 is 1.36 bits per heavy atom. The summed E-state index contributed by atoms with van der Waals surface area (Å²) in [5.74, 6) is -7.38. The highest BCUT2D eigenvalue weighted by Crippen LogP contribution is 2.68. The van der Waals surface area contributed by atoms with Crippen LogP contribution >= 0.6 is 0 Å². The first-order valence-corrected chi connectivity index (χ1v) is 8.96. The van der Waals surface area contributed by atoms with Gasteiger partial charge in [-0.25, -0.2) is 4.79 Å². The Labute approximate surface area is 159 Å². The summed E-state index contributed by atoms with van der Waals surface area (Å²) in [5, 5.41) is 9.37. The molecular weight excluding hydrogens is 383 g/mol. The average Bonchev–Trinajstić information content (AvgIpc) is 3.19. The molecule has 0 radical (unpaired) electrons. The van der Waals surface area contributed by atoms with Gasteiger partial charge in [0, 0.05) is 11.8 Å². The quantitative estimate of drug-likeness (QED) is 0.512. The summed E-state index contributed by atoms with van der Waals surface area (Å²) < 4.78 is 56.0. The van der Waals surface area contributed by atoms with E-state index in [2.05, 4.69) is 0 Å². The van der Waals surface area contributed by atoms with Crippen molar-refractivity contribution in [3.63, 3.8) is 0 Å². The number of hydrogen-bond acceptors (Lipinski definition) is 7. The zero-order valence-electron chi connectivity index (χ0n) is 15.5. The van der Waals surface area contributed by atoms with Gasteiger partial charge < -0.3 is 14.2 Å². The number of carbonyl (C=O) groups excluding carboxylic acids is 3. The summed E-state index contributed by atoms with van der Waals surface area (Å²) in [5.41, 5.74) is -3.10. The molecule has 0 aromatic rings. The molecule has 7 nitrogen and oxygen atoms in total. The van der Waals surface area contributed by atoms with Gasteiger partial charge in [0.1, 0.15) is 12.2 Å². The first-order chi connectivity index (χ1) is 12.9. The summed E-state index contributed by atoms with van der Waals surface area (Å²) >= 11 is 0. The highest BCUT2D eigenvalue weighted by Gasteiger charge is 2.82. The van der Waals surface area contributed by atoms with E-state index in [0.29, 0.717) is 6.42 Å². The van der Waals surface area contributed by atoms with Crippen molar-refractivity contribution in [2.75, 3.05) is 6.61 Å². The molecule has 1 heterocycles. The van der Waals surface area contributed by atoms with Gasteiger partial charge in [-0.1, -0.05) is 6.92 Å². The van der Waals surface area contributed by atoms with E-state index in [1.54, 1.807) is 20.8 Å². The van der Waals surface area contributed by atoms with Crippen molar-refractivity contribution in [2.45, 2.75) is 52.0 Å². The van der Waals surface area contributed by atoms with E-state index in [4.69, 9.17) is 14.2 Å². The van der Waals surface area contributed by atoms with E-state index < -0.39 is 71.5 Å². The number of esters is 3. The fourth-order valence-corrected chi connectivity index (χ4v) is 4.53. The molecule has 0 amide bonds. The maximum Gasteiger partial charge on any atom is 0.394 e. The first-order valence-electron chi connectivity index (χ1n) is 8.96. The SMILES string of the molecule is CCC(C)(C)C(=O)OCC(=O)OC1C2CC3C1OC(=O)C3(C#N)C2C(F)(F)F. The summed E-state index contributed by atoms with van der Waals surface area (Å²) in [4.78, 5) is 36.1. The monoisotopic (exact) mass is 403 g/mol. The van der Waals surface area contributed by atoms with Gasteiger partial charge in [-0.3, -0.25) is 9.59 Å². The van der Waals surface area contributed by atoms with Gasteiger partial charge >= 0.3 is 24.1 Å². The van der Waals surface area contributed by atoms with Crippen LogP contribution in [0.1, 0.15) is 33.6 Å². The van der Waals surface area contributed by atoms with Gasteiger partial charge in [0.05, 0.1) is 17.4 Å². The summed E-state index contributed by atoms with van der Waals surface area (Å²) in [6, 6.07) is 1.54. The second-order valence-corrected chi connectivity index (χ2v) is 8.14. The molecule has 6 atom stereocenters. The van der Waals surface area contributed by atoms with Crippen LogP contribution < -0.4 is 0 Å². The molecule has 28 heavy (non-hydrogen) atoms. The highest BCUT2D eigenvalue weighted by molar-refractivity contribution is 5.85. The molecule has 3 rings (SSSR count). The third-order valence-corrected chi connectivity index (χ3v) is 6.32. The molecule has 0 aromatic carbocycles. The molecule has 0 N–H and O–H groups in total. The minimum absolute atomic E-state index is 0.102. The van der Waals surface area contributed by atoms with E-state index in [1.165, 1.54) is 6.07 Å². The molecule has 3 aliphatic rings. The van der Waals surface area contributed by atoms with Crippen molar-refractivity contribution in [3.05, 3.63) is 0 Å². The lowest BCUT2D eigenvalue weighted by molar-refractivity contribution is -0.221. The molecule has 10 heteroatoms. The van der Waals surface area contributed by atoms with Crippen molar-refractivity contribution in [1.29, 1.82) is 5.26 Å². The number of carbonyl (C=O) groups is 3. The number of nitrogens with zero attached hydrogens (tertiary/aromatic N) is 1. The van der Waals surface area contributed by atoms with Crippen LogP contribution in [0.2, 0.25) is 0 Å². The molecule has 2 bridgehead atoms. The maximum atomic E-state index is 13.6. The maximum absolute atomic E-state index is 13.6. The smallest absolute Gasteiger partial charge is 0.394 e. The number of halogens is 3. The Morgan fingerprint density at radius 2 is 2.00 bits per heavy atom. The van der Waals surface area contributed by atoms with Gasteiger partial charge in [-0.2, -0.15) is 18.4 Å². The minimum atomic E-state index is -4.83. The molecular formula is C18H20F3NO6. The van der Waals surface area contributed by atoms with Crippen LogP contribution in [0.5, 0.6) is 0 Å². The van der Waals surface area contributed by atoms with E-state index >= 15 is 0 Å². The minimum Gasteiger partial charge on any atom is -0.457 e. The fraction of sp³-hybridized carbons (Fsp3) is 0.778. The number of fused-ring (bicyclic) bond motifs is 1. The van der Waals surface area contributed by atoms with Crippen molar-refractivity contribution in [2.24, 2.45) is 28.6 Å². The number of ether oxygens (including phenoxy) is 3. The molecule has 2 aliphatic carbocycles. The normalized spacial score (nSPS) is 36.0. The predicted octanol–water partition coefficient (Wildman–Crippen LogP) is 2.14. The van der Waals surface area contributed by atoms with E-state index in [-0.39, 0.29) is 6.42 Å². The largest absolute Gasteiger partial charge is 0.457 e. The van der Waals surface area contributed by atoms with E-state index in [0.717, 1.165) is 0 Å². The number of alkyl halides is 3. The Kier molecular flexibility index (Phi) is 4.64. The lowest BCUT2D eigenvalue weighted by atomic mass is 9.66. The van der Waals surface area contributed by atoms with Crippen LogP contribution in [0.3, 0.4) is 0 Å². The zero-order valence-corrected chi connectivity index (χ0v) is 15.5. The van der Waals surface area contributed by atoms with E-state index in [9.17, 15) is 32.8 Å². The Bertz CT molecular complexity index is 757. The lowest BCUT2D eigenvalue weighted by Gasteiger charge is -2.36. The average molecular weight is 403 g/mol. The second-order valence-electron chi connectivity index (χ2n) is 8.14. The molecule has 154 valence electrons. The summed E-state index contributed by atoms with van der Waals surface area (Å²) in [6.07, 6.45) is -6.88. The van der Waals surface area contributed by atoms with Crippen LogP contribution in [0.15, 0.2) is 0 Å². The van der Waals surface area contributed by atoms with Crippen molar-refractivity contribution in [1.82, 2.24) is 0 Å². The van der Waals surface area contributed by atoms with Crippen LogP contribution in [0.4, 0.5) is 13.2 Å². The molecule has 2 saturated carbocycles. The molecule has 3 fully saturated rings. The van der Waals surface area contributed by atoms with Crippen LogP contribution in [-0.4, -0.2) is 42.9 Å². The summed E-state index contributed by atoms with van der Waals surface area (Å²) in [6.45, 7) is 4.27. The van der Waals surface area contributed by atoms with Gasteiger partial charge in [0.25, 0.3) is 0 Å². The second kappa shape index (κ2) is 6.36. The number of hydrogen-bond donors (Lipinski definition) is 0. The standard InChI is InChI=1S/C18H20F3NO6/c1-4-16(2,3)14(24)26-6-10(23)27-11-8-5-9-12(11)28-15(25)17(9,7-22)13(8)18(19,20)21/h8-9,11-13H,4-6H2,1-3H3. The van der Waals surface area contributed by atoms with Crippen molar-refractivity contribution in [3.8, 4) is 6.07 Å². The summed E-state index contributed by atoms with van der Waals surface area (Å²) in [7, 11) is 0. The van der Waals surface area contributed by atoms with Crippen LogP contribution in [-0.2, 0) is 28.6 Å². The van der Waals surface area contributed by atoms with Gasteiger partial charge in [-0.05, 0) is 26.7 Å². The van der Waals surface area contributed by atoms with Gasteiger partial charge in [0.2, 0.25) is 0 Å². The molecule has 6 unspecified atom stereocenters. The van der Waals surface area contributed by atoms with Crippen molar-refractivity contribution < 1.29 is 41.8 Å². The van der Waals surface area contributed by atoms with Gasteiger partial charge in [-0.15, -0.1) is 0 Å². The Balaban J connectivity index is 1.74. The topological polar surface area (TPSA) is 103 Å². The van der Waals surface area contributed by atoms with E-state index in [1.807, 2.05) is 0 Å². The molecule has 1 aliphatic heterocycles. The van der Waals surface area contributed by atoms with Gasteiger partial charge in [0.15, 0.2) is 12.0 Å². The number of rotatable bonds is 5. The predicted molar refractivity (Wildman–Crippen MR) is 84.0 cm³/mol. The lowest BCUT2D eigenvalue weighted by Crippen LogP contribution is -2.51. The fourth-order valence-electron chi connectivity index (χ4n) is 4.53. The Hall–Kier alpha value is -2.31. The highest BCUT2D eigenvalue weighted by atomic mass is 19.4. The molecule has 0 aromatic heterocycles. The number of nitriles is 1. The Morgan fingerprint density at radius 3 is 2.54 bits per heavy atom. The van der Waals surface area contributed by atoms with Crippen LogP contribution in [0, 0.1) is 39.9 Å². The van der Waals surface area contributed by atoms with Crippen molar-refractivity contribution >= 4 is 17.9 Å². The first kappa shape index (κ1) is 20.4. The molecule has 0 spiro atoms. The van der Waals surface area contributed by atoms with Crippen LogP contribution in [0.25, 0.3) is 0 Å². The third-order valence-electron chi connectivity index (χ3n) is 6.32. The molecule has 1 saturated heterocycles.